The number of benzene rings is 5. The van der Waals surface area contributed by atoms with Gasteiger partial charge in [-0.05, 0) is 43.1 Å². The number of rotatable bonds is 0. The average Bonchev–Trinajstić information content (AvgIpc) is 2.61. The maximum absolute atomic E-state index is 7.00. The minimum absolute atomic E-state index is 1.00. The molecule has 5 rings (SSSR count). The van der Waals surface area contributed by atoms with Crippen molar-refractivity contribution in [2.24, 2.45) is 0 Å². The molecule has 0 bridgehead atoms. The Bertz CT molecular complexity index is 929. The van der Waals surface area contributed by atoms with Gasteiger partial charge in [0.15, 0.2) is 0 Å². The quantitative estimate of drug-likeness (QED) is 0.255. The summed E-state index contributed by atoms with van der Waals surface area (Å²) in [5.74, 6) is 0. The van der Waals surface area contributed by atoms with Crippen LogP contribution in [-0.2, 0) is 0 Å². The zero-order valence-electron chi connectivity index (χ0n) is 12.4. The van der Waals surface area contributed by atoms with Gasteiger partial charge in [0.1, 0.15) is 0 Å². The van der Waals surface area contributed by atoms with Crippen LogP contribution in [0.15, 0.2) is 72.8 Å². The molecule has 0 aliphatic rings. The topological polar surface area (TPSA) is 20.2 Å². The lowest BCUT2D eigenvalue weighted by atomic mass is 9.90. The number of fused-ring (bicyclic) bond motifs is 2. The third-order valence-corrected chi connectivity index (χ3v) is 4.39. The molecule has 104 valence electrons. The molecule has 0 aliphatic heterocycles. The molecule has 0 atom stereocenters. The first-order valence-electron chi connectivity index (χ1n) is 7.42. The van der Waals surface area contributed by atoms with Crippen molar-refractivity contribution >= 4 is 51.1 Å². The summed E-state index contributed by atoms with van der Waals surface area (Å²) in [7, 11) is 1.00. The van der Waals surface area contributed by atoms with Gasteiger partial charge in [-0.1, -0.05) is 72.8 Å². The van der Waals surface area contributed by atoms with Gasteiger partial charge in [-0.15, -0.1) is 0 Å². The van der Waals surface area contributed by atoms with Gasteiger partial charge in [0, 0.05) is 0 Å². The first-order valence-corrected chi connectivity index (χ1v) is 7.42. The van der Waals surface area contributed by atoms with Crippen molar-refractivity contribution in [1.82, 2.24) is 0 Å². The van der Waals surface area contributed by atoms with Crippen LogP contribution in [0.5, 0.6) is 0 Å². The molecular weight excluding hydrogens is 267 g/mol. The average molecular weight is 282 g/mol. The third kappa shape index (κ3) is 1.65. The summed E-state index contributed by atoms with van der Waals surface area (Å²) in [6, 6.07) is 26.4. The third-order valence-electron chi connectivity index (χ3n) is 4.39. The van der Waals surface area contributed by atoms with Crippen LogP contribution in [0.1, 0.15) is 0 Å². The first-order chi connectivity index (χ1) is 10.9. The van der Waals surface area contributed by atoms with Crippen LogP contribution in [0.4, 0.5) is 0 Å². The summed E-state index contributed by atoms with van der Waals surface area (Å²) in [6.45, 7) is 0. The zero-order chi connectivity index (χ0) is 15.1. The van der Waals surface area contributed by atoms with E-state index in [1.807, 2.05) is 0 Å². The lowest BCUT2D eigenvalue weighted by Crippen LogP contribution is -1.85. The molecule has 0 radical (unpaired) electrons. The molecule has 1 N–H and O–H groups in total. The van der Waals surface area contributed by atoms with E-state index in [1.54, 1.807) is 0 Å². The van der Waals surface area contributed by atoms with Crippen LogP contribution in [0, 0.1) is 0 Å². The highest BCUT2D eigenvalue weighted by Crippen LogP contribution is 2.39. The summed E-state index contributed by atoms with van der Waals surface area (Å²) in [5.41, 5.74) is 0. The van der Waals surface area contributed by atoms with Crippen LogP contribution in [0.25, 0.3) is 43.1 Å². The lowest BCUT2D eigenvalue weighted by Gasteiger charge is -2.13. The van der Waals surface area contributed by atoms with Gasteiger partial charge in [0.25, 0.3) is 8.05 Å². The highest BCUT2D eigenvalue weighted by Gasteiger charge is 2.11. The molecule has 0 saturated heterocycles. The predicted molar refractivity (Wildman–Crippen MR) is 98.4 cm³/mol. The number of hydrogen-bond acceptors (Lipinski definition) is 1. The van der Waals surface area contributed by atoms with Gasteiger partial charge in [0.05, 0.1) is 0 Å². The van der Waals surface area contributed by atoms with Crippen molar-refractivity contribution < 1.29 is 5.02 Å². The second-order valence-corrected chi connectivity index (χ2v) is 5.42. The molecule has 1 nitrogen and oxygen atoms in total. The standard InChI is InChI=1S/C20H12.BH3O/c1-5-13-6-2-11-17-18-12-4-8-14-7-3-10-16(20(14)18)15(9-1)19(13)17;1-2/h1-12H;2H,1H2. The summed E-state index contributed by atoms with van der Waals surface area (Å²) < 4.78 is 0. The molecule has 2 heteroatoms. The van der Waals surface area contributed by atoms with Crippen LogP contribution < -0.4 is 0 Å². The molecule has 0 aliphatic carbocycles. The van der Waals surface area contributed by atoms with Crippen LogP contribution in [-0.4, -0.2) is 13.1 Å². The Morgan fingerprint density at radius 1 is 0.455 bits per heavy atom. The van der Waals surface area contributed by atoms with Crippen molar-refractivity contribution in [3.8, 4) is 0 Å². The Balaban J connectivity index is 0.000000602. The largest absolute Gasteiger partial charge is 0.458 e. The maximum Gasteiger partial charge on any atom is 0.252 e. The van der Waals surface area contributed by atoms with E-state index >= 15 is 0 Å². The highest BCUT2D eigenvalue weighted by molar-refractivity contribution is 6.32. The summed E-state index contributed by atoms with van der Waals surface area (Å²) >= 11 is 0. The summed E-state index contributed by atoms with van der Waals surface area (Å²) in [4.78, 5) is 0. The minimum atomic E-state index is 1.00. The SMILES string of the molecule is BO.c1cc2cccc3c4cccc5cccc(c(c1)c23)c54. The van der Waals surface area contributed by atoms with E-state index in [1.165, 1.54) is 43.1 Å². The Labute approximate surface area is 129 Å². The Morgan fingerprint density at radius 2 is 0.727 bits per heavy atom. The second-order valence-electron chi connectivity index (χ2n) is 5.42. The van der Waals surface area contributed by atoms with Crippen molar-refractivity contribution in [3.63, 3.8) is 0 Å². The molecule has 0 saturated carbocycles. The van der Waals surface area contributed by atoms with E-state index in [2.05, 4.69) is 72.8 Å². The van der Waals surface area contributed by atoms with Gasteiger partial charge in [-0.25, -0.2) is 0 Å². The molecule has 0 unspecified atom stereocenters. The van der Waals surface area contributed by atoms with Crippen LogP contribution >= 0.6 is 0 Å². The fourth-order valence-corrected chi connectivity index (χ4v) is 3.58. The second kappa shape index (κ2) is 5.01. The summed E-state index contributed by atoms with van der Waals surface area (Å²) in [6.07, 6.45) is 0. The molecule has 5 aromatic rings. The lowest BCUT2D eigenvalue weighted by molar-refractivity contribution is 0.629. The predicted octanol–water partition coefficient (Wildman–Crippen LogP) is 4.26. The molecule has 0 aromatic heterocycles. The molecule has 0 amide bonds. The highest BCUT2D eigenvalue weighted by atomic mass is 16.2. The smallest absolute Gasteiger partial charge is 0.252 e. The van der Waals surface area contributed by atoms with Gasteiger partial charge in [0.2, 0.25) is 0 Å². The van der Waals surface area contributed by atoms with Crippen LogP contribution in [0.3, 0.4) is 0 Å². The van der Waals surface area contributed by atoms with Gasteiger partial charge >= 0.3 is 0 Å². The molecular formula is C20H15BO. The fourth-order valence-electron chi connectivity index (χ4n) is 3.58. The minimum Gasteiger partial charge on any atom is -0.458 e. The fraction of sp³-hybridized carbons (Fsp3) is 0. The van der Waals surface area contributed by atoms with E-state index in [9.17, 15) is 0 Å². The van der Waals surface area contributed by atoms with E-state index in [0.29, 0.717) is 0 Å². The molecule has 0 fully saturated rings. The molecule has 22 heavy (non-hydrogen) atoms. The molecule has 5 aromatic carbocycles. The normalized spacial score (nSPS) is 11.1. The number of hydrogen-bond donors (Lipinski definition) is 1. The van der Waals surface area contributed by atoms with Crippen molar-refractivity contribution in [2.75, 3.05) is 0 Å². The van der Waals surface area contributed by atoms with Gasteiger partial charge < -0.3 is 5.02 Å². The van der Waals surface area contributed by atoms with Crippen LogP contribution in [0.2, 0.25) is 0 Å². The van der Waals surface area contributed by atoms with E-state index < -0.39 is 0 Å². The van der Waals surface area contributed by atoms with Crippen molar-refractivity contribution in [1.29, 1.82) is 0 Å². The monoisotopic (exact) mass is 282 g/mol. The van der Waals surface area contributed by atoms with E-state index in [-0.39, 0.29) is 0 Å². The summed E-state index contributed by atoms with van der Waals surface area (Å²) in [5, 5.41) is 17.9. The first kappa shape index (κ1) is 13.1. The Hall–Kier alpha value is -2.58. The van der Waals surface area contributed by atoms with E-state index in [0.717, 1.165) is 8.05 Å². The maximum atomic E-state index is 7.00. The Kier molecular flexibility index (Phi) is 2.98. The van der Waals surface area contributed by atoms with Gasteiger partial charge in [-0.3, -0.25) is 0 Å². The molecule has 0 heterocycles. The zero-order valence-corrected chi connectivity index (χ0v) is 12.4. The van der Waals surface area contributed by atoms with Crippen molar-refractivity contribution in [3.05, 3.63) is 72.8 Å². The Morgan fingerprint density at radius 3 is 1.00 bits per heavy atom. The molecule has 0 spiro atoms. The van der Waals surface area contributed by atoms with Gasteiger partial charge in [-0.2, -0.15) is 0 Å². The van der Waals surface area contributed by atoms with Crippen molar-refractivity contribution in [2.45, 2.75) is 0 Å². The van der Waals surface area contributed by atoms with E-state index in [4.69, 9.17) is 5.02 Å².